The molecule has 4 radical (unpaired) electrons. The minimum absolute atomic E-state index is 0. The molecule has 4 aromatic heterocycles. The summed E-state index contributed by atoms with van der Waals surface area (Å²) in [5.41, 5.74) is 0. The minimum atomic E-state index is -1.29. The Morgan fingerprint density at radius 3 is 1.13 bits per heavy atom. The van der Waals surface area contributed by atoms with Crippen LogP contribution < -0.4 is 0 Å². The number of thiophene rings is 4. The van der Waals surface area contributed by atoms with E-state index in [2.05, 4.69) is 21.5 Å². The van der Waals surface area contributed by atoms with Gasteiger partial charge in [0.25, 0.3) is 0 Å². The van der Waals surface area contributed by atoms with Crippen LogP contribution in [0.3, 0.4) is 0 Å². The van der Waals surface area contributed by atoms with Gasteiger partial charge in [0.2, 0.25) is 23.6 Å². The number of hydrogen-bond acceptors (Lipinski definition) is 16. The zero-order valence-electron chi connectivity index (χ0n) is 47.1. The molecule has 4 aliphatic heterocycles. The van der Waals surface area contributed by atoms with Crippen molar-refractivity contribution < 1.29 is 194 Å². The number of aliphatic hydroxyl groups is 2. The molecule has 0 spiro atoms. The molecule has 4 saturated heterocycles. The molecule has 4 amide bonds. The number of aldehydes is 2. The Morgan fingerprint density at radius 2 is 0.846 bits per heavy atom. The zero-order chi connectivity index (χ0) is 56.1. The van der Waals surface area contributed by atoms with Crippen molar-refractivity contribution in [2.75, 3.05) is 39.6 Å². The van der Waals surface area contributed by atoms with Crippen LogP contribution in [-0.4, -0.2) is 130 Å². The average Bonchev–Trinajstić information content (AvgIpc) is 4.27. The van der Waals surface area contributed by atoms with Crippen LogP contribution in [0, 0.1) is 21.5 Å². The van der Waals surface area contributed by atoms with E-state index in [0.29, 0.717) is 85.0 Å². The van der Waals surface area contributed by atoms with Crippen molar-refractivity contribution in [2.45, 2.75) is 115 Å². The molecule has 16 nitrogen and oxygen atoms in total. The summed E-state index contributed by atoms with van der Waals surface area (Å²) in [6, 6.07) is 15.3. The predicted octanol–water partition coefficient (Wildman–Crippen LogP) is 7.43. The number of nitrogens with zero attached hydrogens (tertiary/aromatic N) is 4. The van der Waals surface area contributed by atoms with Crippen molar-refractivity contribution in [1.29, 1.82) is 0 Å². The third kappa shape index (κ3) is 28.2. The van der Waals surface area contributed by atoms with E-state index in [0.717, 1.165) is 44.8 Å². The second-order valence-corrected chi connectivity index (χ2v) is 20.4. The smallest absolute Gasteiger partial charge is 0.226 e. The van der Waals surface area contributed by atoms with Gasteiger partial charge in [-0.15, -0.1) is 41.0 Å². The van der Waals surface area contributed by atoms with Crippen LogP contribution in [0.25, 0.3) is 0 Å². The number of allylic oxidation sites excluding steroid dienone is 2. The summed E-state index contributed by atoms with van der Waals surface area (Å²) in [7, 11) is 0. The summed E-state index contributed by atoms with van der Waals surface area (Å²) < 4.78 is 50.1. The molecular weight excluding hydrogens is 1380 g/mol. The first-order valence-corrected chi connectivity index (χ1v) is 27.2. The Kier molecular flexibility index (Phi) is 39.7. The number of carbonyl (C=O) groups excluding carboxylic acids is 6. The number of amides is 4. The van der Waals surface area contributed by atoms with E-state index >= 15 is 0 Å². The van der Waals surface area contributed by atoms with E-state index in [1.54, 1.807) is 39.3 Å². The number of aliphatic hydroxyl groups excluding tert-OH is 2. The zero-order valence-corrected chi connectivity index (χ0v) is 57.8. The van der Waals surface area contributed by atoms with E-state index in [4.69, 9.17) is 34.6 Å². The van der Waals surface area contributed by atoms with E-state index in [-0.39, 0.29) is 191 Å². The molecular formula is C54H64N4O12S4Y4-4. The quantitative estimate of drug-likeness (QED) is 0.0360. The van der Waals surface area contributed by atoms with Gasteiger partial charge in [-0.25, -0.2) is 0 Å². The number of carbonyl (C=O) groups is 6. The fourth-order valence-electron chi connectivity index (χ4n) is 7.79. The molecule has 0 saturated carbocycles. The molecule has 24 heteroatoms. The van der Waals surface area contributed by atoms with E-state index < -0.39 is 25.7 Å². The maximum Gasteiger partial charge on any atom is 0.226 e. The van der Waals surface area contributed by atoms with E-state index in [1.807, 2.05) is 48.5 Å². The normalized spacial score (nSPS) is 20.3. The van der Waals surface area contributed by atoms with Gasteiger partial charge in [0.05, 0.1) is 59.9 Å². The van der Waals surface area contributed by atoms with Crippen LogP contribution in [0.2, 0.25) is 0 Å². The molecule has 78 heavy (non-hydrogen) atoms. The maximum atomic E-state index is 11.8. The average molecular weight is 1450 g/mol. The van der Waals surface area contributed by atoms with Gasteiger partial charge in [0.1, 0.15) is 15.3 Å². The molecule has 6 unspecified atom stereocenters. The Labute approximate surface area is 580 Å². The summed E-state index contributed by atoms with van der Waals surface area (Å²) in [4.78, 5) is 78.7. The maximum absolute atomic E-state index is 11.8. The second kappa shape index (κ2) is 45.6. The molecule has 8 heterocycles. The first kappa shape index (κ1) is 67.9. The summed E-state index contributed by atoms with van der Waals surface area (Å²) in [5, 5.41) is 29.8. The molecule has 2 N–H and O–H groups in total. The second-order valence-electron chi connectivity index (χ2n) is 16.6. The number of hydrogen-bond donors (Lipinski definition) is 2. The monoisotopic (exact) mass is 1450 g/mol. The summed E-state index contributed by atoms with van der Waals surface area (Å²) in [6.45, 7) is 1.54. The Hall–Kier alpha value is -0.844. The molecule has 4 fully saturated rings. The number of likely N-dealkylation sites (tertiary alicyclic amines) is 4. The fourth-order valence-corrected chi connectivity index (χ4v) is 10.1. The van der Waals surface area contributed by atoms with E-state index in [9.17, 15) is 28.8 Å². The molecule has 0 aliphatic carbocycles. The van der Waals surface area contributed by atoms with Crippen LogP contribution in [0.4, 0.5) is 0 Å². The van der Waals surface area contributed by atoms with Crippen LogP contribution in [-0.2, 0) is 205 Å². The summed E-state index contributed by atoms with van der Waals surface area (Å²) in [5.74, 6) is 0.0843. The van der Waals surface area contributed by atoms with Crippen LogP contribution in [0.5, 0.6) is 0 Å². The van der Waals surface area contributed by atoms with E-state index in [1.165, 1.54) is 68.7 Å². The van der Waals surface area contributed by atoms with Gasteiger partial charge in [-0.3, -0.25) is 69.3 Å². The van der Waals surface area contributed by atoms with Gasteiger partial charge in [0, 0.05) is 221 Å². The standard InChI is InChI=1S/C14H18NO3S.C14H16NO3S.C13H16NO3S.C13H14NO3S.4Y/c2*16-8-2-1-7-15-12(5-6-14(15)17)10-18-11-13-4-3-9-19-13;2*15-7-2-6-14-11(4-5-13(14)16)9-17-10-12-3-1-8-18-12;;;;/h1,3-4,7,12,16H,2,5-6,8,10-11H2;1,3-4,7-8,12H,2,5-6,10-11H2;1-3,6,11,15H,4-5,7,9-10H2;1-3,6-7,11H,4-5,9-10H2;;;;/q4*-1;;;;/i2*8D;2*7D;;;;. The van der Waals surface area contributed by atoms with Crippen molar-refractivity contribution in [3.05, 3.63) is 139 Å². The topological polar surface area (TPSA) is 193 Å². The molecule has 6 atom stereocenters. The third-order valence-corrected chi connectivity index (χ3v) is 14.5. The van der Waals surface area contributed by atoms with Crippen molar-refractivity contribution in [3.63, 3.8) is 0 Å². The molecule has 4 aliphatic rings. The summed E-state index contributed by atoms with van der Waals surface area (Å²) >= 11 is 6.08. The first-order chi connectivity index (χ1) is 37.7. The minimum Gasteiger partial charge on any atom is -0.396 e. The molecule has 412 valence electrons. The van der Waals surface area contributed by atoms with Crippen molar-refractivity contribution in [2.24, 2.45) is 0 Å². The Balaban J connectivity index is 0.000000538. The Bertz CT molecular complexity index is 2550. The fraction of sp³-hybridized carbons (Fsp3) is 0.444. The van der Waals surface area contributed by atoms with Gasteiger partial charge < -0.3 is 53.6 Å². The SMILES string of the molecule is [2H]C(=O)C=CN1C(=O)CCC1COCc1cc[c-]s1.[2H]C(=O)CC=CN1C(=O)CCC1COCc1cc[c-]s1.[2H]C(O)C=CN1C(=O)CCC1COCc1cc[c-]s1.[2H]C(O)CC=CN1C(=O)CCC1COCc1cc[c-]s1.[Y].[Y].[Y].[Y]. The molecule has 4 aromatic rings. The summed E-state index contributed by atoms with van der Waals surface area (Å²) in [6.07, 6.45) is 15.5. The van der Waals surface area contributed by atoms with Gasteiger partial charge in [-0.2, -0.15) is 48.5 Å². The number of rotatable bonds is 26. The number of ether oxygens (including phenoxy) is 4. The Morgan fingerprint density at radius 1 is 0.526 bits per heavy atom. The van der Waals surface area contributed by atoms with Crippen LogP contribution in [0.15, 0.2) is 97.6 Å². The van der Waals surface area contributed by atoms with Crippen molar-refractivity contribution in [3.8, 4) is 0 Å². The molecule has 8 rings (SSSR count). The van der Waals surface area contributed by atoms with Gasteiger partial charge >= 0.3 is 0 Å². The van der Waals surface area contributed by atoms with Crippen LogP contribution >= 0.6 is 45.3 Å². The molecule has 0 bridgehead atoms. The van der Waals surface area contributed by atoms with Gasteiger partial charge in [0.15, 0.2) is 0 Å². The first-order valence-electron chi connectivity index (χ1n) is 26.1. The van der Waals surface area contributed by atoms with Gasteiger partial charge in [-0.05, 0) is 44.3 Å². The largest absolute Gasteiger partial charge is 0.396 e. The molecule has 0 aromatic carbocycles. The van der Waals surface area contributed by atoms with Gasteiger partial charge in [-0.1, -0.05) is 12.2 Å². The predicted molar refractivity (Wildman–Crippen MR) is 283 cm³/mol. The van der Waals surface area contributed by atoms with Crippen molar-refractivity contribution in [1.82, 2.24) is 19.6 Å². The third-order valence-electron chi connectivity index (χ3n) is 11.4. The van der Waals surface area contributed by atoms with Crippen LogP contribution in [0.1, 0.15) is 89.2 Å². The van der Waals surface area contributed by atoms with Crippen molar-refractivity contribution >= 4 is 81.5 Å².